The van der Waals surface area contributed by atoms with E-state index in [4.69, 9.17) is 5.73 Å². The molecule has 0 aliphatic rings. The highest BCUT2D eigenvalue weighted by atomic mass is 127. The molecule has 17 heavy (non-hydrogen) atoms. The van der Waals surface area contributed by atoms with Gasteiger partial charge in [0.05, 0.1) is 6.04 Å². The zero-order valence-corrected chi connectivity index (χ0v) is 12.6. The van der Waals surface area contributed by atoms with Crippen LogP contribution in [0.4, 0.5) is 5.69 Å². The Labute approximate surface area is 116 Å². The van der Waals surface area contributed by atoms with Crippen molar-refractivity contribution in [2.24, 2.45) is 11.7 Å². The lowest BCUT2D eigenvalue weighted by molar-refractivity contribution is -0.117. The lowest BCUT2D eigenvalue weighted by atomic mass is 10.0. The van der Waals surface area contributed by atoms with Gasteiger partial charge in [0.1, 0.15) is 0 Å². The van der Waals surface area contributed by atoms with Crippen LogP contribution in [0, 0.1) is 16.4 Å². The molecule has 1 rings (SSSR count). The number of rotatable bonds is 4. The maximum Gasteiger partial charge on any atom is 0.241 e. The number of anilines is 1. The van der Waals surface area contributed by atoms with Crippen molar-refractivity contribution >= 4 is 34.2 Å². The minimum absolute atomic E-state index is 0.108. The van der Waals surface area contributed by atoms with Crippen LogP contribution >= 0.6 is 22.6 Å². The number of carbonyl (C=O) groups excluding carboxylic acids is 1. The molecule has 0 fully saturated rings. The van der Waals surface area contributed by atoms with E-state index in [2.05, 4.69) is 41.8 Å². The largest absolute Gasteiger partial charge is 0.324 e. The lowest BCUT2D eigenvalue weighted by Crippen LogP contribution is -2.36. The Balaban J connectivity index is 2.67. The van der Waals surface area contributed by atoms with Crippen molar-refractivity contribution in [3.05, 3.63) is 27.3 Å². The van der Waals surface area contributed by atoms with Gasteiger partial charge in [0, 0.05) is 9.26 Å². The molecular weight excluding hydrogens is 327 g/mol. The highest BCUT2D eigenvalue weighted by Gasteiger charge is 2.15. The Morgan fingerprint density at radius 3 is 2.65 bits per heavy atom. The van der Waals surface area contributed by atoms with E-state index in [1.807, 2.05) is 25.1 Å². The lowest BCUT2D eigenvalue weighted by Gasteiger charge is -2.15. The van der Waals surface area contributed by atoms with Crippen molar-refractivity contribution in [2.45, 2.75) is 33.2 Å². The molecule has 0 aliphatic carbocycles. The van der Waals surface area contributed by atoms with Gasteiger partial charge < -0.3 is 11.1 Å². The molecule has 0 unspecified atom stereocenters. The number of amides is 1. The first-order chi connectivity index (χ1) is 7.90. The van der Waals surface area contributed by atoms with E-state index in [0.29, 0.717) is 12.3 Å². The number of nitrogens with two attached hydrogens (primary N) is 1. The number of hydrogen-bond donors (Lipinski definition) is 2. The van der Waals surface area contributed by atoms with Crippen molar-refractivity contribution < 1.29 is 4.79 Å². The number of nitrogens with one attached hydrogen (secondary N) is 1. The van der Waals surface area contributed by atoms with Crippen LogP contribution in [0.2, 0.25) is 0 Å². The average molecular weight is 346 g/mol. The summed E-state index contributed by atoms with van der Waals surface area (Å²) in [5, 5.41) is 2.88. The second-order valence-corrected chi connectivity index (χ2v) is 5.93. The molecule has 1 aromatic rings. The van der Waals surface area contributed by atoms with Crippen LogP contribution in [-0.4, -0.2) is 11.9 Å². The van der Waals surface area contributed by atoms with Crippen LogP contribution < -0.4 is 11.1 Å². The van der Waals surface area contributed by atoms with Crippen LogP contribution in [0.3, 0.4) is 0 Å². The highest BCUT2D eigenvalue weighted by Crippen LogP contribution is 2.18. The van der Waals surface area contributed by atoms with Crippen LogP contribution in [0.25, 0.3) is 0 Å². The van der Waals surface area contributed by atoms with Crippen molar-refractivity contribution in [1.82, 2.24) is 0 Å². The van der Waals surface area contributed by atoms with Crippen LogP contribution in [0.1, 0.15) is 25.8 Å². The summed E-state index contributed by atoms with van der Waals surface area (Å²) in [6.07, 6.45) is 0.704. The number of halogens is 1. The summed E-state index contributed by atoms with van der Waals surface area (Å²) in [6.45, 7) is 6.10. The number of hydrogen-bond acceptors (Lipinski definition) is 2. The Kier molecular flexibility index (Phi) is 5.39. The highest BCUT2D eigenvalue weighted by molar-refractivity contribution is 14.1. The molecule has 0 saturated carbocycles. The summed E-state index contributed by atoms with van der Waals surface area (Å²) in [4.78, 5) is 11.8. The van der Waals surface area contributed by atoms with Gasteiger partial charge in [-0.1, -0.05) is 13.8 Å². The van der Waals surface area contributed by atoms with Gasteiger partial charge in [0.2, 0.25) is 5.91 Å². The van der Waals surface area contributed by atoms with Crippen molar-refractivity contribution in [2.75, 3.05) is 5.32 Å². The third kappa shape index (κ3) is 4.63. The summed E-state index contributed by atoms with van der Waals surface area (Å²) in [7, 11) is 0. The molecule has 0 spiro atoms. The van der Waals surface area contributed by atoms with E-state index >= 15 is 0 Å². The molecule has 3 N–H and O–H groups in total. The first-order valence-electron chi connectivity index (χ1n) is 5.72. The molecule has 0 heterocycles. The summed E-state index contributed by atoms with van der Waals surface area (Å²) >= 11 is 2.25. The van der Waals surface area contributed by atoms with E-state index in [0.717, 1.165) is 14.8 Å². The normalized spacial score (nSPS) is 12.6. The monoisotopic (exact) mass is 346 g/mol. The zero-order chi connectivity index (χ0) is 13.0. The van der Waals surface area contributed by atoms with E-state index in [-0.39, 0.29) is 5.91 Å². The first kappa shape index (κ1) is 14.4. The van der Waals surface area contributed by atoms with Gasteiger partial charge in [-0.25, -0.2) is 0 Å². The third-order valence-corrected chi connectivity index (χ3v) is 3.18. The molecule has 0 saturated heterocycles. The Hall–Kier alpha value is -0.620. The second-order valence-electron chi connectivity index (χ2n) is 4.68. The molecule has 4 heteroatoms. The van der Waals surface area contributed by atoms with Gasteiger partial charge in [-0.2, -0.15) is 0 Å². The average Bonchev–Trinajstić information content (AvgIpc) is 2.21. The fourth-order valence-electron chi connectivity index (χ4n) is 1.61. The fourth-order valence-corrected chi connectivity index (χ4v) is 2.25. The van der Waals surface area contributed by atoms with Gasteiger partial charge >= 0.3 is 0 Å². The minimum atomic E-state index is -0.436. The van der Waals surface area contributed by atoms with E-state index in [1.165, 1.54) is 0 Å². The smallest absolute Gasteiger partial charge is 0.241 e. The van der Waals surface area contributed by atoms with Gasteiger partial charge in [-0.05, 0) is 65.6 Å². The summed E-state index contributed by atoms with van der Waals surface area (Å²) in [6, 6.07) is 5.48. The second kappa shape index (κ2) is 6.35. The van der Waals surface area contributed by atoms with Crippen molar-refractivity contribution in [3.63, 3.8) is 0 Å². The molecule has 3 nitrogen and oxygen atoms in total. The maximum atomic E-state index is 11.8. The van der Waals surface area contributed by atoms with E-state index in [9.17, 15) is 4.79 Å². The SMILES string of the molecule is Cc1cc(I)ccc1NC(=O)[C@@H](N)CC(C)C. The fraction of sp³-hybridized carbons (Fsp3) is 0.462. The van der Waals surface area contributed by atoms with Gasteiger partial charge in [-0.15, -0.1) is 0 Å². The third-order valence-electron chi connectivity index (χ3n) is 2.51. The summed E-state index contributed by atoms with van der Waals surface area (Å²) in [5.74, 6) is 0.316. The van der Waals surface area contributed by atoms with E-state index < -0.39 is 6.04 Å². The molecular formula is C13H19IN2O. The quantitative estimate of drug-likeness (QED) is 0.824. The first-order valence-corrected chi connectivity index (χ1v) is 6.80. The van der Waals surface area contributed by atoms with Crippen molar-refractivity contribution in [3.8, 4) is 0 Å². The Morgan fingerprint density at radius 2 is 2.12 bits per heavy atom. The van der Waals surface area contributed by atoms with Gasteiger partial charge in [0.15, 0.2) is 0 Å². The standard InChI is InChI=1S/C13H19IN2O/c1-8(2)6-11(15)13(17)16-12-5-4-10(14)7-9(12)3/h4-5,7-8,11H,6,15H2,1-3H3,(H,16,17)/t11-/m0/s1. The molecule has 1 amide bonds. The van der Waals surface area contributed by atoms with Gasteiger partial charge in [-0.3, -0.25) is 4.79 Å². The molecule has 1 aromatic carbocycles. The molecule has 94 valence electrons. The van der Waals surface area contributed by atoms with Crippen molar-refractivity contribution in [1.29, 1.82) is 0 Å². The number of carbonyl (C=O) groups is 1. The summed E-state index contributed by atoms with van der Waals surface area (Å²) in [5.41, 5.74) is 7.73. The van der Waals surface area contributed by atoms with E-state index in [1.54, 1.807) is 0 Å². The molecule has 0 radical (unpaired) electrons. The predicted molar refractivity (Wildman–Crippen MR) is 80.0 cm³/mol. The topological polar surface area (TPSA) is 55.1 Å². The number of aryl methyl sites for hydroxylation is 1. The molecule has 1 atom stereocenters. The predicted octanol–water partition coefficient (Wildman–Crippen LogP) is 2.91. The summed E-state index contributed by atoms with van der Waals surface area (Å²) < 4.78 is 1.16. The molecule has 0 bridgehead atoms. The Bertz CT molecular complexity index is 404. The maximum absolute atomic E-state index is 11.8. The molecule has 0 aromatic heterocycles. The van der Waals surface area contributed by atoms with Crippen LogP contribution in [0.5, 0.6) is 0 Å². The Morgan fingerprint density at radius 1 is 1.47 bits per heavy atom. The van der Waals surface area contributed by atoms with Crippen LogP contribution in [0.15, 0.2) is 18.2 Å². The van der Waals surface area contributed by atoms with Crippen LogP contribution in [-0.2, 0) is 4.79 Å². The molecule has 0 aliphatic heterocycles. The van der Waals surface area contributed by atoms with Gasteiger partial charge in [0.25, 0.3) is 0 Å². The minimum Gasteiger partial charge on any atom is -0.324 e. The number of benzene rings is 1. The zero-order valence-electron chi connectivity index (χ0n) is 10.5.